The molecule has 0 bridgehead atoms. The minimum atomic E-state index is -0.937. The zero-order valence-corrected chi connectivity index (χ0v) is 10.5. The van der Waals surface area contributed by atoms with E-state index in [9.17, 15) is 4.79 Å². The first-order valence-corrected chi connectivity index (χ1v) is 6.86. The number of thioether (sulfide) groups is 1. The summed E-state index contributed by atoms with van der Waals surface area (Å²) in [5, 5.41) is 9.10. The van der Waals surface area contributed by atoms with Gasteiger partial charge in [0, 0.05) is 12.3 Å². The molecule has 1 aliphatic heterocycles. The number of carboxylic acid groups (broad SMARTS) is 1. The van der Waals surface area contributed by atoms with Crippen molar-refractivity contribution in [2.24, 2.45) is 0 Å². The number of ether oxygens (including phenoxy) is 1. The Labute approximate surface area is 105 Å². The highest BCUT2D eigenvalue weighted by Crippen LogP contribution is 2.34. The van der Waals surface area contributed by atoms with Crippen molar-refractivity contribution >= 4 is 23.4 Å². The van der Waals surface area contributed by atoms with Crippen molar-refractivity contribution < 1.29 is 14.6 Å². The second-order valence-corrected chi connectivity index (χ2v) is 4.77. The smallest absolute Gasteiger partial charge is 0.339 e. The van der Waals surface area contributed by atoms with E-state index in [1.807, 2.05) is 6.07 Å². The topological polar surface area (TPSA) is 49.8 Å². The first kappa shape index (κ1) is 12.1. The fraction of sp³-hybridized carbons (Fsp3) is 0.417. The van der Waals surface area contributed by atoms with Gasteiger partial charge in [0.15, 0.2) is 5.75 Å². The molecule has 0 amide bonds. The van der Waals surface area contributed by atoms with Crippen LogP contribution in [0.4, 0.5) is 5.69 Å². The lowest BCUT2D eigenvalue weighted by Crippen LogP contribution is -2.35. The van der Waals surface area contributed by atoms with Crippen molar-refractivity contribution in [3.8, 4) is 5.75 Å². The molecular weight excluding hydrogens is 238 g/mol. The quantitative estimate of drug-likeness (QED) is 0.888. The molecule has 0 saturated carbocycles. The zero-order valence-electron chi connectivity index (χ0n) is 9.68. The van der Waals surface area contributed by atoms with Gasteiger partial charge in [0.1, 0.15) is 12.2 Å². The van der Waals surface area contributed by atoms with E-state index in [2.05, 4.69) is 11.2 Å². The number of nitrogens with zero attached hydrogens (tertiary/aromatic N) is 1. The summed E-state index contributed by atoms with van der Waals surface area (Å²) in [5.74, 6) is 0.595. The van der Waals surface area contributed by atoms with Crippen molar-refractivity contribution in [3.05, 3.63) is 23.8 Å². The number of rotatable bonds is 4. The summed E-state index contributed by atoms with van der Waals surface area (Å²) >= 11 is 1.78. The van der Waals surface area contributed by atoms with Crippen LogP contribution in [0, 0.1) is 0 Å². The molecule has 0 spiro atoms. The molecule has 1 aromatic carbocycles. The Morgan fingerprint density at radius 3 is 3.12 bits per heavy atom. The van der Waals surface area contributed by atoms with E-state index in [1.54, 1.807) is 23.9 Å². The third kappa shape index (κ3) is 2.49. The summed E-state index contributed by atoms with van der Waals surface area (Å²) in [6.07, 6.45) is 2.06. The minimum absolute atomic E-state index is 0.247. The number of aromatic carboxylic acids is 1. The number of hydrogen-bond donors (Lipinski definition) is 1. The monoisotopic (exact) mass is 253 g/mol. The van der Waals surface area contributed by atoms with Crippen molar-refractivity contribution in [2.45, 2.75) is 0 Å². The van der Waals surface area contributed by atoms with Crippen molar-refractivity contribution in [3.63, 3.8) is 0 Å². The van der Waals surface area contributed by atoms with E-state index < -0.39 is 5.97 Å². The SMILES string of the molecule is CSCCN1CCOc2c(C(=O)O)cccc21. The second kappa shape index (κ2) is 5.31. The van der Waals surface area contributed by atoms with Gasteiger partial charge < -0.3 is 14.7 Å². The summed E-state index contributed by atoms with van der Waals surface area (Å²) in [6, 6.07) is 5.27. The van der Waals surface area contributed by atoms with Gasteiger partial charge in [-0.25, -0.2) is 4.79 Å². The highest BCUT2D eigenvalue weighted by Gasteiger charge is 2.22. The van der Waals surface area contributed by atoms with Gasteiger partial charge in [-0.2, -0.15) is 11.8 Å². The molecule has 1 aliphatic rings. The number of carbonyl (C=O) groups is 1. The normalized spacial score (nSPS) is 14.1. The molecule has 17 heavy (non-hydrogen) atoms. The highest BCUT2D eigenvalue weighted by molar-refractivity contribution is 7.98. The van der Waals surface area contributed by atoms with Gasteiger partial charge in [0.2, 0.25) is 0 Å². The van der Waals surface area contributed by atoms with Gasteiger partial charge in [-0.15, -0.1) is 0 Å². The maximum Gasteiger partial charge on any atom is 0.339 e. The molecule has 0 fully saturated rings. The van der Waals surface area contributed by atoms with Gasteiger partial charge in [0.25, 0.3) is 0 Å². The molecule has 92 valence electrons. The van der Waals surface area contributed by atoms with Gasteiger partial charge in [-0.05, 0) is 18.4 Å². The van der Waals surface area contributed by atoms with Crippen LogP contribution in [0.25, 0.3) is 0 Å². The predicted molar refractivity (Wildman–Crippen MR) is 69.5 cm³/mol. The Bertz CT molecular complexity index is 422. The number of benzene rings is 1. The lowest BCUT2D eigenvalue weighted by atomic mass is 10.1. The summed E-state index contributed by atoms with van der Waals surface area (Å²) < 4.78 is 5.50. The lowest BCUT2D eigenvalue weighted by Gasteiger charge is -2.31. The van der Waals surface area contributed by atoms with Crippen molar-refractivity contribution in [1.82, 2.24) is 0 Å². The number of fused-ring (bicyclic) bond motifs is 1. The van der Waals surface area contributed by atoms with Crippen LogP contribution in [0.3, 0.4) is 0 Å². The molecule has 1 aromatic rings. The number of para-hydroxylation sites is 1. The first-order chi connectivity index (χ1) is 8.24. The molecule has 1 N–H and O–H groups in total. The van der Waals surface area contributed by atoms with E-state index in [-0.39, 0.29) is 5.56 Å². The molecule has 1 heterocycles. The van der Waals surface area contributed by atoms with E-state index in [0.29, 0.717) is 12.4 Å². The lowest BCUT2D eigenvalue weighted by molar-refractivity contribution is 0.0692. The van der Waals surface area contributed by atoms with Gasteiger partial charge in [-0.1, -0.05) is 6.07 Å². The maximum atomic E-state index is 11.1. The summed E-state index contributed by atoms with van der Waals surface area (Å²) in [6.45, 7) is 2.28. The average Bonchev–Trinajstić information content (AvgIpc) is 2.35. The van der Waals surface area contributed by atoms with Crippen LogP contribution in [-0.4, -0.2) is 42.8 Å². The maximum absolute atomic E-state index is 11.1. The molecule has 0 aliphatic carbocycles. The zero-order chi connectivity index (χ0) is 12.3. The Hall–Kier alpha value is -1.36. The van der Waals surface area contributed by atoms with Gasteiger partial charge in [0.05, 0.1) is 12.2 Å². The van der Waals surface area contributed by atoms with E-state index in [0.717, 1.165) is 24.5 Å². The van der Waals surface area contributed by atoms with E-state index in [4.69, 9.17) is 9.84 Å². The number of carboxylic acids is 1. The van der Waals surface area contributed by atoms with Crippen molar-refractivity contribution in [2.75, 3.05) is 36.6 Å². The largest absolute Gasteiger partial charge is 0.489 e. The van der Waals surface area contributed by atoms with Crippen LogP contribution in [0.15, 0.2) is 18.2 Å². The summed E-state index contributed by atoms with van der Waals surface area (Å²) in [4.78, 5) is 13.3. The Kier molecular flexibility index (Phi) is 3.78. The molecule has 4 nitrogen and oxygen atoms in total. The van der Waals surface area contributed by atoms with Crippen LogP contribution < -0.4 is 9.64 Å². The van der Waals surface area contributed by atoms with Crippen LogP contribution in [-0.2, 0) is 0 Å². The molecule has 0 unspecified atom stereocenters. The second-order valence-electron chi connectivity index (χ2n) is 3.79. The molecule has 2 rings (SSSR count). The fourth-order valence-electron chi connectivity index (χ4n) is 1.91. The number of hydrogen-bond acceptors (Lipinski definition) is 4. The standard InChI is InChI=1S/C12H15NO3S/c1-17-8-6-13-5-7-16-11-9(12(14)15)3-2-4-10(11)13/h2-4H,5-8H2,1H3,(H,14,15). The highest BCUT2D eigenvalue weighted by atomic mass is 32.2. The third-order valence-electron chi connectivity index (χ3n) is 2.74. The minimum Gasteiger partial charge on any atom is -0.489 e. The van der Waals surface area contributed by atoms with Crippen LogP contribution in [0.5, 0.6) is 5.75 Å². The predicted octanol–water partition coefficient (Wildman–Crippen LogP) is 1.95. The van der Waals surface area contributed by atoms with Crippen LogP contribution >= 0.6 is 11.8 Å². The van der Waals surface area contributed by atoms with Gasteiger partial charge >= 0.3 is 5.97 Å². The number of anilines is 1. The molecular formula is C12H15NO3S. The van der Waals surface area contributed by atoms with E-state index in [1.165, 1.54) is 0 Å². The van der Waals surface area contributed by atoms with Crippen molar-refractivity contribution in [1.29, 1.82) is 0 Å². The first-order valence-electron chi connectivity index (χ1n) is 5.47. The molecule has 0 atom stereocenters. The Morgan fingerprint density at radius 2 is 2.41 bits per heavy atom. The third-order valence-corrected chi connectivity index (χ3v) is 3.33. The van der Waals surface area contributed by atoms with Crippen LogP contribution in [0.2, 0.25) is 0 Å². The van der Waals surface area contributed by atoms with Crippen LogP contribution in [0.1, 0.15) is 10.4 Å². The van der Waals surface area contributed by atoms with Gasteiger partial charge in [-0.3, -0.25) is 0 Å². The Morgan fingerprint density at radius 1 is 1.59 bits per heavy atom. The van der Waals surface area contributed by atoms with E-state index >= 15 is 0 Å². The fourth-order valence-corrected chi connectivity index (χ4v) is 2.31. The summed E-state index contributed by atoms with van der Waals surface area (Å²) in [5.41, 5.74) is 1.14. The Balaban J connectivity index is 2.32. The average molecular weight is 253 g/mol. The molecule has 0 radical (unpaired) electrons. The summed E-state index contributed by atoms with van der Waals surface area (Å²) in [7, 11) is 0. The molecule has 5 heteroatoms. The molecule has 0 saturated heterocycles. The molecule has 0 aromatic heterocycles.